The lowest BCUT2D eigenvalue weighted by molar-refractivity contribution is 0.0948. The summed E-state index contributed by atoms with van der Waals surface area (Å²) < 4.78 is 14.0. The van der Waals surface area contributed by atoms with Gasteiger partial charge in [0.15, 0.2) is 0 Å². The third-order valence-electron chi connectivity index (χ3n) is 2.51. The highest BCUT2D eigenvalue weighted by atomic mass is 79.9. The maximum absolute atomic E-state index is 13.7. The maximum Gasteiger partial charge on any atom is 0.254 e. The molecule has 0 fully saturated rings. The van der Waals surface area contributed by atoms with E-state index in [1.165, 1.54) is 6.07 Å². The van der Waals surface area contributed by atoms with Gasteiger partial charge >= 0.3 is 0 Å². The van der Waals surface area contributed by atoms with Crippen molar-refractivity contribution in [2.45, 2.75) is 32.6 Å². The van der Waals surface area contributed by atoms with Crippen molar-refractivity contribution in [1.29, 1.82) is 0 Å². The van der Waals surface area contributed by atoms with Gasteiger partial charge in [0.25, 0.3) is 5.91 Å². The van der Waals surface area contributed by atoms with Crippen LogP contribution in [0.1, 0.15) is 37.6 Å². The molecule has 106 valence electrons. The monoisotopic (exact) mass is 349 g/mol. The van der Waals surface area contributed by atoms with Crippen LogP contribution in [0.3, 0.4) is 0 Å². The molecule has 0 spiro atoms. The summed E-state index contributed by atoms with van der Waals surface area (Å²) in [6, 6.07) is 4.62. The summed E-state index contributed by atoms with van der Waals surface area (Å²) >= 11 is 9.20. The minimum atomic E-state index is -0.554. The molecule has 0 aliphatic heterocycles. The Balaban J connectivity index is 2.59. The zero-order valence-electron chi connectivity index (χ0n) is 11.3. The standard InChI is InChI=1S/C14H18BrClFNO/c1-14(2,3)7-9(16)8-18-13(19)10-5-4-6-11(15)12(10)17/h4-6,9H,7-8H2,1-3H3,(H,18,19). The SMILES string of the molecule is CC(C)(C)CC(Cl)CNC(=O)c1cccc(Br)c1F. The van der Waals surface area contributed by atoms with E-state index in [0.29, 0.717) is 6.54 Å². The maximum atomic E-state index is 13.7. The van der Waals surface area contributed by atoms with E-state index in [1.54, 1.807) is 12.1 Å². The van der Waals surface area contributed by atoms with E-state index in [2.05, 4.69) is 42.0 Å². The van der Waals surface area contributed by atoms with E-state index < -0.39 is 11.7 Å². The molecule has 5 heteroatoms. The number of hydrogen-bond donors (Lipinski definition) is 1. The van der Waals surface area contributed by atoms with Crippen LogP contribution in [0.2, 0.25) is 0 Å². The van der Waals surface area contributed by atoms with Gasteiger partial charge in [-0.3, -0.25) is 4.79 Å². The van der Waals surface area contributed by atoms with Gasteiger partial charge in [-0.05, 0) is 39.9 Å². The molecule has 1 unspecified atom stereocenters. The van der Waals surface area contributed by atoms with Gasteiger partial charge in [-0.15, -0.1) is 11.6 Å². The quantitative estimate of drug-likeness (QED) is 0.803. The van der Waals surface area contributed by atoms with E-state index in [4.69, 9.17) is 11.6 Å². The average Bonchev–Trinajstić information content (AvgIpc) is 2.27. The molecule has 0 bridgehead atoms. The van der Waals surface area contributed by atoms with Crippen molar-refractivity contribution >= 4 is 33.4 Å². The highest BCUT2D eigenvalue weighted by Crippen LogP contribution is 2.23. The number of carbonyl (C=O) groups excluding carboxylic acids is 1. The number of halogens is 3. The van der Waals surface area contributed by atoms with Gasteiger partial charge in [0.1, 0.15) is 5.82 Å². The Morgan fingerprint density at radius 1 is 1.47 bits per heavy atom. The molecule has 1 N–H and O–H groups in total. The molecule has 2 nitrogen and oxygen atoms in total. The van der Waals surface area contributed by atoms with Gasteiger partial charge in [-0.2, -0.15) is 0 Å². The average molecular weight is 351 g/mol. The van der Waals surface area contributed by atoms with Crippen LogP contribution >= 0.6 is 27.5 Å². The lowest BCUT2D eigenvalue weighted by Crippen LogP contribution is -2.32. The van der Waals surface area contributed by atoms with Crippen LogP contribution in [-0.2, 0) is 0 Å². The number of benzene rings is 1. The van der Waals surface area contributed by atoms with Crippen LogP contribution in [0.4, 0.5) is 4.39 Å². The van der Waals surface area contributed by atoms with Crippen LogP contribution in [0.25, 0.3) is 0 Å². The summed E-state index contributed by atoms with van der Waals surface area (Å²) in [6.07, 6.45) is 0.774. The Hall–Kier alpha value is -0.610. The Labute approximate surface area is 126 Å². The number of alkyl halides is 1. The van der Waals surface area contributed by atoms with E-state index in [1.807, 2.05) is 0 Å². The molecule has 0 radical (unpaired) electrons. The molecule has 1 aromatic carbocycles. The van der Waals surface area contributed by atoms with Crippen LogP contribution in [0.5, 0.6) is 0 Å². The first-order valence-electron chi connectivity index (χ1n) is 6.07. The predicted molar refractivity (Wildman–Crippen MR) is 80.1 cm³/mol. The highest BCUT2D eigenvalue weighted by Gasteiger charge is 2.19. The molecule has 0 heterocycles. The van der Waals surface area contributed by atoms with Gasteiger partial charge in [0.2, 0.25) is 0 Å². The predicted octanol–water partition coefficient (Wildman–Crippen LogP) is 4.36. The first-order chi connectivity index (χ1) is 8.70. The van der Waals surface area contributed by atoms with E-state index in [9.17, 15) is 9.18 Å². The number of rotatable bonds is 4. The Morgan fingerprint density at radius 3 is 2.68 bits per heavy atom. The molecular formula is C14H18BrClFNO. The second kappa shape index (κ2) is 6.71. The first-order valence-corrected chi connectivity index (χ1v) is 7.30. The van der Waals surface area contributed by atoms with E-state index in [-0.39, 0.29) is 20.8 Å². The fourth-order valence-electron chi connectivity index (χ4n) is 1.71. The van der Waals surface area contributed by atoms with Crippen molar-refractivity contribution in [1.82, 2.24) is 5.32 Å². The minimum Gasteiger partial charge on any atom is -0.350 e. The minimum absolute atomic E-state index is 0.0222. The van der Waals surface area contributed by atoms with Crippen molar-refractivity contribution in [3.05, 3.63) is 34.1 Å². The highest BCUT2D eigenvalue weighted by molar-refractivity contribution is 9.10. The Kier molecular flexibility index (Phi) is 5.81. The number of amides is 1. The summed E-state index contributed by atoms with van der Waals surface area (Å²) in [5, 5.41) is 2.49. The van der Waals surface area contributed by atoms with Gasteiger partial charge in [-0.1, -0.05) is 26.8 Å². The van der Waals surface area contributed by atoms with Crippen molar-refractivity contribution in [3.63, 3.8) is 0 Å². The molecule has 0 saturated carbocycles. The second-order valence-electron chi connectivity index (χ2n) is 5.67. The zero-order valence-corrected chi connectivity index (χ0v) is 13.6. The third-order valence-corrected chi connectivity index (χ3v) is 3.44. The summed E-state index contributed by atoms with van der Waals surface area (Å²) in [5.41, 5.74) is 0.118. The van der Waals surface area contributed by atoms with E-state index >= 15 is 0 Å². The lowest BCUT2D eigenvalue weighted by Gasteiger charge is -2.22. The lowest BCUT2D eigenvalue weighted by atomic mass is 9.90. The molecule has 1 atom stereocenters. The summed E-state index contributed by atoms with van der Waals surface area (Å²) in [6.45, 7) is 6.57. The van der Waals surface area contributed by atoms with E-state index in [0.717, 1.165) is 6.42 Å². The molecule has 1 amide bonds. The normalized spacial score (nSPS) is 13.2. The van der Waals surface area contributed by atoms with Crippen molar-refractivity contribution in [2.75, 3.05) is 6.54 Å². The fourth-order valence-corrected chi connectivity index (χ4v) is 2.62. The van der Waals surface area contributed by atoms with Gasteiger partial charge < -0.3 is 5.32 Å². The van der Waals surface area contributed by atoms with Crippen LogP contribution in [0, 0.1) is 11.2 Å². The van der Waals surface area contributed by atoms with Gasteiger partial charge in [-0.25, -0.2) is 4.39 Å². The Bertz CT molecular complexity index is 459. The number of carbonyl (C=O) groups is 1. The molecule has 19 heavy (non-hydrogen) atoms. The largest absolute Gasteiger partial charge is 0.350 e. The summed E-state index contributed by atoms with van der Waals surface area (Å²) in [5.74, 6) is -1.000. The first kappa shape index (κ1) is 16.4. The molecule has 0 aliphatic carbocycles. The number of nitrogens with one attached hydrogen (secondary N) is 1. The molecule has 1 aromatic rings. The van der Waals surface area contributed by atoms with Crippen LogP contribution < -0.4 is 5.32 Å². The van der Waals surface area contributed by atoms with Gasteiger partial charge in [0.05, 0.1) is 15.4 Å². The number of hydrogen-bond acceptors (Lipinski definition) is 1. The molecule has 1 rings (SSSR count). The zero-order chi connectivity index (χ0) is 14.6. The molecule has 0 saturated heterocycles. The van der Waals surface area contributed by atoms with Crippen molar-refractivity contribution < 1.29 is 9.18 Å². The van der Waals surface area contributed by atoms with Crippen LogP contribution in [-0.4, -0.2) is 17.8 Å². The molecular weight excluding hydrogens is 333 g/mol. The van der Waals surface area contributed by atoms with Crippen molar-refractivity contribution in [3.8, 4) is 0 Å². The van der Waals surface area contributed by atoms with Crippen molar-refractivity contribution in [2.24, 2.45) is 5.41 Å². The Morgan fingerprint density at radius 2 is 2.11 bits per heavy atom. The second-order valence-corrected chi connectivity index (χ2v) is 7.15. The molecule has 0 aliphatic rings. The summed E-state index contributed by atoms with van der Waals surface area (Å²) in [7, 11) is 0. The van der Waals surface area contributed by atoms with Gasteiger partial charge in [0, 0.05) is 6.54 Å². The third kappa shape index (κ3) is 5.49. The topological polar surface area (TPSA) is 29.1 Å². The summed E-state index contributed by atoms with van der Waals surface area (Å²) in [4.78, 5) is 11.9. The van der Waals surface area contributed by atoms with Crippen LogP contribution in [0.15, 0.2) is 22.7 Å². The fraction of sp³-hybridized carbons (Fsp3) is 0.500. The molecule has 0 aromatic heterocycles. The smallest absolute Gasteiger partial charge is 0.254 e.